The van der Waals surface area contributed by atoms with Crippen LogP contribution in [0.2, 0.25) is 0 Å². The second-order valence-corrected chi connectivity index (χ2v) is 4.90. The quantitative estimate of drug-likeness (QED) is 0.742. The molecule has 2 nitrogen and oxygen atoms in total. The van der Waals surface area contributed by atoms with Crippen molar-refractivity contribution < 1.29 is 4.79 Å². The van der Waals surface area contributed by atoms with Crippen LogP contribution in [-0.2, 0) is 0 Å². The van der Waals surface area contributed by atoms with Crippen LogP contribution >= 0.6 is 0 Å². The Bertz CT molecular complexity index is 350. The molecule has 0 spiro atoms. The summed E-state index contributed by atoms with van der Waals surface area (Å²) in [7, 11) is 0. The minimum Gasteiger partial charge on any atom is -0.303 e. The minimum absolute atomic E-state index is 0.684. The summed E-state index contributed by atoms with van der Waals surface area (Å²) in [5.41, 5.74) is 2.17. The predicted molar refractivity (Wildman–Crippen MR) is 70.5 cm³/mol. The Hall–Kier alpha value is -1.15. The van der Waals surface area contributed by atoms with E-state index in [0.29, 0.717) is 5.92 Å². The molecule has 0 bridgehead atoms. The Kier molecular flexibility index (Phi) is 4.32. The van der Waals surface area contributed by atoms with E-state index in [-0.39, 0.29) is 0 Å². The van der Waals surface area contributed by atoms with E-state index in [1.807, 2.05) is 12.1 Å². The molecule has 1 aromatic rings. The number of nitrogens with zero attached hydrogens (tertiary/aromatic N) is 1. The lowest BCUT2D eigenvalue weighted by atomic mass is 9.89. The fourth-order valence-electron chi connectivity index (χ4n) is 2.65. The Balaban J connectivity index is 1.93. The number of carbonyl (C=O) groups is 1. The highest BCUT2D eigenvalue weighted by atomic mass is 16.1. The van der Waals surface area contributed by atoms with Crippen molar-refractivity contribution >= 4 is 6.29 Å². The van der Waals surface area contributed by atoms with Crippen LogP contribution in [0.15, 0.2) is 24.3 Å². The fraction of sp³-hybridized carbons (Fsp3) is 0.533. The van der Waals surface area contributed by atoms with E-state index in [4.69, 9.17) is 0 Å². The third-order valence-corrected chi connectivity index (χ3v) is 3.67. The fourth-order valence-corrected chi connectivity index (χ4v) is 2.65. The number of aldehydes is 1. The monoisotopic (exact) mass is 231 g/mol. The summed E-state index contributed by atoms with van der Waals surface area (Å²) in [5.74, 6) is 0.684. The molecule has 1 aliphatic heterocycles. The topological polar surface area (TPSA) is 20.3 Å². The molecule has 0 aliphatic carbocycles. The molecule has 92 valence electrons. The van der Waals surface area contributed by atoms with Gasteiger partial charge in [-0.1, -0.05) is 31.2 Å². The minimum atomic E-state index is 0.684. The summed E-state index contributed by atoms with van der Waals surface area (Å²) in [6.45, 7) is 5.91. The molecule has 2 heteroatoms. The average Bonchev–Trinajstić information content (AvgIpc) is 2.40. The molecule has 17 heavy (non-hydrogen) atoms. The molecule has 0 atom stereocenters. The van der Waals surface area contributed by atoms with Crippen molar-refractivity contribution in [2.24, 2.45) is 0 Å². The molecule has 0 unspecified atom stereocenters. The molecular weight excluding hydrogens is 210 g/mol. The molecule has 0 amide bonds. The van der Waals surface area contributed by atoms with Crippen LogP contribution in [0.25, 0.3) is 0 Å². The molecule has 1 saturated heterocycles. The zero-order valence-electron chi connectivity index (χ0n) is 10.6. The molecule has 0 radical (unpaired) electrons. The van der Waals surface area contributed by atoms with Gasteiger partial charge in [0, 0.05) is 5.56 Å². The molecule has 1 aliphatic rings. The van der Waals surface area contributed by atoms with Crippen LogP contribution in [0, 0.1) is 0 Å². The van der Waals surface area contributed by atoms with E-state index in [0.717, 1.165) is 11.8 Å². The largest absolute Gasteiger partial charge is 0.303 e. The number of rotatable bonds is 4. The second kappa shape index (κ2) is 5.97. The summed E-state index contributed by atoms with van der Waals surface area (Å²) in [6, 6.07) is 8.09. The van der Waals surface area contributed by atoms with E-state index in [1.54, 1.807) is 0 Å². The molecular formula is C15H21NO. The zero-order chi connectivity index (χ0) is 12.1. The van der Waals surface area contributed by atoms with Crippen LogP contribution in [0.3, 0.4) is 0 Å². The Morgan fingerprint density at radius 3 is 2.41 bits per heavy atom. The van der Waals surface area contributed by atoms with Gasteiger partial charge in [-0.3, -0.25) is 4.79 Å². The molecule has 0 aromatic heterocycles. The van der Waals surface area contributed by atoms with Gasteiger partial charge in [0.2, 0.25) is 0 Å². The maximum atomic E-state index is 10.6. The lowest BCUT2D eigenvalue weighted by Gasteiger charge is -2.31. The molecule has 2 rings (SSSR count). The van der Waals surface area contributed by atoms with E-state index >= 15 is 0 Å². The molecule has 1 heterocycles. The number of carbonyl (C=O) groups excluding carboxylic acids is 1. The number of piperidine rings is 1. The van der Waals surface area contributed by atoms with Gasteiger partial charge >= 0.3 is 0 Å². The standard InChI is InChI=1S/C15H21NO/c1-2-9-16-10-7-15(8-11-16)14-5-3-13(12-17)4-6-14/h3-6,12,15H,2,7-11H2,1H3. The third kappa shape index (κ3) is 3.16. The van der Waals surface area contributed by atoms with Gasteiger partial charge in [0.05, 0.1) is 0 Å². The van der Waals surface area contributed by atoms with Gasteiger partial charge in [-0.2, -0.15) is 0 Å². The Labute approximate surface area is 104 Å². The van der Waals surface area contributed by atoms with Gasteiger partial charge in [-0.15, -0.1) is 0 Å². The lowest BCUT2D eigenvalue weighted by Crippen LogP contribution is -2.33. The van der Waals surface area contributed by atoms with Crippen LogP contribution in [0.5, 0.6) is 0 Å². The SMILES string of the molecule is CCCN1CCC(c2ccc(C=O)cc2)CC1. The van der Waals surface area contributed by atoms with Gasteiger partial charge < -0.3 is 4.90 Å². The number of likely N-dealkylation sites (tertiary alicyclic amines) is 1. The lowest BCUT2D eigenvalue weighted by molar-refractivity contribution is 0.112. The summed E-state index contributed by atoms with van der Waals surface area (Å²) >= 11 is 0. The Morgan fingerprint density at radius 1 is 1.24 bits per heavy atom. The zero-order valence-corrected chi connectivity index (χ0v) is 10.6. The van der Waals surface area contributed by atoms with Crippen LogP contribution in [0.1, 0.15) is 48.0 Å². The highest BCUT2D eigenvalue weighted by molar-refractivity contribution is 5.74. The van der Waals surface area contributed by atoms with Crippen molar-refractivity contribution in [3.8, 4) is 0 Å². The van der Waals surface area contributed by atoms with Crippen molar-refractivity contribution in [1.82, 2.24) is 4.90 Å². The van der Waals surface area contributed by atoms with Gasteiger partial charge in [0.1, 0.15) is 6.29 Å². The second-order valence-electron chi connectivity index (χ2n) is 4.90. The van der Waals surface area contributed by atoms with Crippen molar-refractivity contribution in [3.05, 3.63) is 35.4 Å². The van der Waals surface area contributed by atoms with Gasteiger partial charge in [0.15, 0.2) is 0 Å². The number of hydrogen-bond acceptors (Lipinski definition) is 2. The first-order chi connectivity index (χ1) is 8.33. The van der Waals surface area contributed by atoms with Crippen molar-refractivity contribution in [3.63, 3.8) is 0 Å². The first-order valence-corrected chi connectivity index (χ1v) is 6.61. The molecule has 1 aromatic carbocycles. The molecule has 0 saturated carbocycles. The van der Waals surface area contributed by atoms with E-state index in [1.165, 1.54) is 44.5 Å². The van der Waals surface area contributed by atoms with Crippen molar-refractivity contribution in [1.29, 1.82) is 0 Å². The first-order valence-electron chi connectivity index (χ1n) is 6.61. The maximum Gasteiger partial charge on any atom is 0.150 e. The summed E-state index contributed by atoms with van der Waals surface area (Å²) in [6.07, 6.45) is 4.66. The van der Waals surface area contributed by atoms with Crippen LogP contribution in [-0.4, -0.2) is 30.8 Å². The first kappa shape index (κ1) is 12.3. The number of hydrogen-bond donors (Lipinski definition) is 0. The normalized spacial score (nSPS) is 18.2. The summed E-state index contributed by atoms with van der Waals surface area (Å²) < 4.78 is 0. The molecule has 1 fully saturated rings. The molecule has 0 N–H and O–H groups in total. The highest BCUT2D eigenvalue weighted by Crippen LogP contribution is 2.27. The average molecular weight is 231 g/mol. The predicted octanol–water partition coefficient (Wildman–Crippen LogP) is 3.09. The van der Waals surface area contributed by atoms with Crippen molar-refractivity contribution in [2.45, 2.75) is 32.1 Å². The number of benzene rings is 1. The van der Waals surface area contributed by atoms with Gasteiger partial charge in [-0.05, 0) is 50.4 Å². The van der Waals surface area contributed by atoms with E-state index < -0.39 is 0 Å². The maximum absolute atomic E-state index is 10.6. The Morgan fingerprint density at radius 2 is 1.88 bits per heavy atom. The van der Waals surface area contributed by atoms with Crippen LogP contribution in [0.4, 0.5) is 0 Å². The summed E-state index contributed by atoms with van der Waals surface area (Å²) in [5, 5.41) is 0. The smallest absolute Gasteiger partial charge is 0.150 e. The van der Waals surface area contributed by atoms with Gasteiger partial charge in [0.25, 0.3) is 0 Å². The van der Waals surface area contributed by atoms with Crippen LogP contribution < -0.4 is 0 Å². The van der Waals surface area contributed by atoms with Crippen molar-refractivity contribution in [2.75, 3.05) is 19.6 Å². The van der Waals surface area contributed by atoms with E-state index in [9.17, 15) is 4.79 Å². The van der Waals surface area contributed by atoms with Gasteiger partial charge in [-0.25, -0.2) is 0 Å². The highest BCUT2D eigenvalue weighted by Gasteiger charge is 2.19. The van der Waals surface area contributed by atoms with E-state index in [2.05, 4.69) is 24.0 Å². The third-order valence-electron chi connectivity index (χ3n) is 3.67. The summed E-state index contributed by atoms with van der Waals surface area (Å²) in [4.78, 5) is 13.2.